The fourth-order valence-electron chi connectivity index (χ4n) is 8.24. The van der Waals surface area contributed by atoms with Crippen molar-refractivity contribution in [3.63, 3.8) is 0 Å². The molecule has 0 bridgehead atoms. The number of nitrogens with one attached hydrogen (secondary N) is 4. The summed E-state index contributed by atoms with van der Waals surface area (Å²) in [6, 6.07) is 23.9. The average Bonchev–Trinajstić information content (AvgIpc) is 4.15. The van der Waals surface area contributed by atoms with Gasteiger partial charge in [-0.25, -0.2) is 19.6 Å². The zero-order valence-electron chi connectivity index (χ0n) is 35.4. The SMILES string of the molecule is CN(C)C(=O)NC(C(=O)N1CC=CC1c1nc(-c2ccc(C3=CCC(c4c[nH]c([C@@H]5CCCN5C(=O)C(NC(=O)N(C)C)c5ccccc5)n4)C=C3)cc2)c[nH]1)c1ccccc1. The number of urea groups is 2. The Balaban J connectivity index is 0.905. The standard InChI is InChI=1S/C48H52N10O4/c1-55(2)47(61)53-41(35-13-7-5-8-14-35)45(59)57-27-11-17-39(57)43-49-29-37(51-43)33-23-19-31(20-24-33)32-21-25-34(26-22-32)38-30-50-44(52-38)40-18-12-28-58(40)46(60)42(54-48(62)56(3)4)36-15-9-6-10-16-36/h5-11,13-17,19-25,29-30,34,39-42H,12,18,26-28H2,1-4H3,(H,49,51)(H,50,52)(H,53,61)(H,54,62)/t34?,39?,40-,41?,42?/m0/s1. The summed E-state index contributed by atoms with van der Waals surface area (Å²) >= 11 is 0. The maximum Gasteiger partial charge on any atom is 0.317 e. The first-order valence-electron chi connectivity index (χ1n) is 21.0. The lowest BCUT2D eigenvalue weighted by molar-refractivity contribution is -0.135. The Morgan fingerprint density at radius 2 is 1.31 bits per heavy atom. The van der Waals surface area contributed by atoms with Crippen molar-refractivity contribution >= 4 is 29.4 Å². The van der Waals surface area contributed by atoms with E-state index in [-0.39, 0.29) is 35.8 Å². The molecule has 14 heteroatoms. The minimum absolute atomic E-state index is 0.0795. The van der Waals surface area contributed by atoms with Crippen LogP contribution in [0.2, 0.25) is 0 Å². The van der Waals surface area contributed by atoms with Gasteiger partial charge in [0, 0.05) is 65.2 Å². The van der Waals surface area contributed by atoms with Crippen LogP contribution in [0.3, 0.4) is 0 Å². The lowest BCUT2D eigenvalue weighted by atomic mass is 9.91. The van der Waals surface area contributed by atoms with E-state index >= 15 is 0 Å². The van der Waals surface area contributed by atoms with Crippen LogP contribution in [0.15, 0.2) is 128 Å². The van der Waals surface area contributed by atoms with E-state index in [0.29, 0.717) is 24.5 Å². The molecule has 1 aliphatic carbocycles. The van der Waals surface area contributed by atoms with Gasteiger partial charge in [0.1, 0.15) is 29.8 Å². The molecule has 4 N–H and O–H groups in total. The predicted molar refractivity (Wildman–Crippen MR) is 237 cm³/mol. The number of aromatic nitrogens is 4. The first-order chi connectivity index (χ1) is 30.0. The largest absolute Gasteiger partial charge is 0.347 e. The van der Waals surface area contributed by atoms with Crippen LogP contribution in [0.5, 0.6) is 0 Å². The molecule has 1 fully saturated rings. The lowest BCUT2D eigenvalue weighted by Gasteiger charge is -2.29. The highest BCUT2D eigenvalue weighted by Crippen LogP contribution is 2.36. The van der Waals surface area contributed by atoms with Crippen molar-refractivity contribution in [2.24, 2.45) is 0 Å². The van der Waals surface area contributed by atoms with Crippen LogP contribution in [0, 0.1) is 0 Å². The number of allylic oxidation sites excluding steroid dienone is 4. The minimum Gasteiger partial charge on any atom is -0.347 e. The molecule has 3 aliphatic rings. The molecule has 1 saturated heterocycles. The summed E-state index contributed by atoms with van der Waals surface area (Å²) in [7, 11) is 6.61. The summed E-state index contributed by atoms with van der Waals surface area (Å²) in [5.41, 5.74) is 6.26. The Kier molecular flexibility index (Phi) is 12.2. The van der Waals surface area contributed by atoms with Crippen molar-refractivity contribution < 1.29 is 19.2 Å². The maximum absolute atomic E-state index is 14.1. The van der Waals surface area contributed by atoms with Gasteiger partial charge < -0.3 is 40.2 Å². The number of aromatic amines is 2. The molecule has 5 atom stereocenters. The highest BCUT2D eigenvalue weighted by Gasteiger charge is 2.38. The number of imidazole rings is 2. The van der Waals surface area contributed by atoms with E-state index in [1.54, 1.807) is 33.1 Å². The van der Waals surface area contributed by atoms with Crippen molar-refractivity contribution in [3.05, 3.63) is 162 Å². The Morgan fingerprint density at radius 1 is 0.710 bits per heavy atom. The molecule has 2 aromatic heterocycles. The Morgan fingerprint density at radius 3 is 1.90 bits per heavy atom. The second kappa shape index (κ2) is 18.2. The van der Waals surface area contributed by atoms with Crippen LogP contribution in [-0.4, -0.2) is 105 Å². The number of hydrogen-bond donors (Lipinski definition) is 4. The summed E-state index contributed by atoms with van der Waals surface area (Å²) in [6.45, 7) is 0.984. The number of H-pyrrole nitrogens is 2. The highest BCUT2D eigenvalue weighted by molar-refractivity contribution is 5.89. The van der Waals surface area contributed by atoms with Crippen molar-refractivity contribution in [3.8, 4) is 11.3 Å². The Hall–Kier alpha value is -7.22. The number of benzene rings is 3. The molecule has 4 unspecified atom stereocenters. The third-order valence-electron chi connectivity index (χ3n) is 11.7. The molecule has 0 radical (unpaired) electrons. The van der Waals surface area contributed by atoms with Gasteiger partial charge in [-0.05, 0) is 41.5 Å². The summed E-state index contributed by atoms with van der Waals surface area (Å²) < 4.78 is 0. The third-order valence-corrected chi connectivity index (χ3v) is 11.7. The minimum atomic E-state index is -0.852. The molecule has 2 aliphatic heterocycles. The van der Waals surface area contributed by atoms with Crippen LogP contribution in [-0.2, 0) is 9.59 Å². The van der Waals surface area contributed by atoms with Gasteiger partial charge in [0.25, 0.3) is 5.91 Å². The second-order valence-electron chi connectivity index (χ2n) is 16.2. The van der Waals surface area contributed by atoms with E-state index in [4.69, 9.17) is 9.97 Å². The average molecular weight is 833 g/mol. The zero-order chi connectivity index (χ0) is 43.3. The van der Waals surface area contributed by atoms with E-state index in [9.17, 15) is 19.2 Å². The Bertz CT molecular complexity index is 2490. The number of nitrogens with zero attached hydrogens (tertiary/aromatic N) is 6. The molecule has 8 rings (SSSR count). The van der Waals surface area contributed by atoms with Gasteiger partial charge in [0.2, 0.25) is 5.91 Å². The number of hydrogen-bond acceptors (Lipinski definition) is 6. The topological polar surface area (TPSA) is 163 Å². The second-order valence-corrected chi connectivity index (χ2v) is 16.2. The molecule has 5 aromatic rings. The maximum atomic E-state index is 14.1. The van der Waals surface area contributed by atoms with Crippen molar-refractivity contribution in [2.45, 2.75) is 49.3 Å². The number of carbonyl (C=O) groups excluding carboxylic acids is 4. The highest BCUT2D eigenvalue weighted by atomic mass is 16.2. The monoisotopic (exact) mass is 832 g/mol. The van der Waals surface area contributed by atoms with Crippen molar-refractivity contribution in [2.75, 3.05) is 41.3 Å². The fraction of sp³-hybridized carbons (Fsp3) is 0.292. The molecule has 14 nitrogen and oxygen atoms in total. The molecule has 318 valence electrons. The van der Waals surface area contributed by atoms with Crippen LogP contribution in [0.25, 0.3) is 16.8 Å². The van der Waals surface area contributed by atoms with Crippen LogP contribution < -0.4 is 10.6 Å². The summed E-state index contributed by atoms with van der Waals surface area (Å²) in [5, 5.41) is 5.80. The van der Waals surface area contributed by atoms with Crippen LogP contribution in [0.1, 0.15) is 83.4 Å². The van der Waals surface area contributed by atoms with E-state index in [1.165, 1.54) is 9.80 Å². The molecule has 0 saturated carbocycles. The molecule has 4 heterocycles. The third kappa shape index (κ3) is 8.80. The summed E-state index contributed by atoms with van der Waals surface area (Å²) in [5.74, 6) is 1.10. The predicted octanol–water partition coefficient (Wildman–Crippen LogP) is 7.05. The van der Waals surface area contributed by atoms with Gasteiger partial charge in [0.05, 0.1) is 17.4 Å². The summed E-state index contributed by atoms with van der Waals surface area (Å²) in [4.78, 5) is 76.5. The van der Waals surface area contributed by atoms with Gasteiger partial charge in [-0.15, -0.1) is 0 Å². The molecule has 0 spiro atoms. The van der Waals surface area contributed by atoms with E-state index < -0.39 is 18.1 Å². The first-order valence-corrected chi connectivity index (χ1v) is 21.0. The first kappa shape index (κ1) is 41.5. The van der Waals surface area contributed by atoms with Crippen LogP contribution in [0.4, 0.5) is 9.59 Å². The van der Waals surface area contributed by atoms with E-state index in [0.717, 1.165) is 58.7 Å². The Labute approximate surface area is 361 Å². The molecule has 3 aromatic carbocycles. The molecule has 6 amide bonds. The lowest BCUT2D eigenvalue weighted by Crippen LogP contribution is -2.45. The van der Waals surface area contributed by atoms with Gasteiger partial charge in [0.15, 0.2) is 0 Å². The number of amides is 6. The van der Waals surface area contributed by atoms with Gasteiger partial charge in [-0.3, -0.25) is 9.59 Å². The summed E-state index contributed by atoms with van der Waals surface area (Å²) in [6.07, 6.45) is 16.6. The number of carbonyl (C=O) groups is 4. The molecule has 62 heavy (non-hydrogen) atoms. The quantitative estimate of drug-likeness (QED) is 0.104. The van der Waals surface area contributed by atoms with Crippen LogP contribution >= 0.6 is 0 Å². The van der Waals surface area contributed by atoms with Gasteiger partial charge >= 0.3 is 12.1 Å². The number of likely N-dealkylation sites (tertiary alicyclic amines) is 1. The number of rotatable bonds is 11. The zero-order valence-corrected chi connectivity index (χ0v) is 35.4. The van der Waals surface area contributed by atoms with Crippen molar-refractivity contribution in [1.29, 1.82) is 0 Å². The van der Waals surface area contributed by atoms with Crippen molar-refractivity contribution in [1.82, 2.24) is 50.2 Å². The smallest absolute Gasteiger partial charge is 0.317 e. The fourth-order valence-corrected chi connectivity index (χ4v) is 8.24. The van der Waals surface area contributed by atoms with Gasteiger partial charge in [-0.1, -0.05) is 115 Å². The van der Waals surface area contributed by atoms with E-state index in [2.05, 4.69) is 63.1 Å². The van der Waals surface area contributed by atoms with E-state index in [1.807, 2.05) is 90.1 Å². The normalized spacial score (nSPS) is 19.2. The molecular formula is C48H52N10O4. The van der Waals surface area contributed by atoms with Gasteiger partial charge in [-0.2, -0.15) is 0 Å². The molecular weight excluding hydrogens is 781 g/mol.